The minimum absolute atomic E-state index is 0.0243. The minimum Gasteiger partial charge on any atom is -0.490 e. The van der Waals surface area contributed by atoms with Crippen LogP contribution in [0.4, 0.5) is 0 Å². The molecule has 0 amide bonds. The van der Waals surface area contributed by atoms with Gasteiger partial charge in [-0.25, -0.2) is 0 Å². The van der Waals surface area contributed by atoms with Crippen molar-refractivity contribution in [3.05, 3.63) is 54.1 Å². The quantitative estimate of drug-likeness (QED) is 0.604. The monoisotopic (exact) mass is 320 g/mol. The van der Waals surface area contributed by atoms with Gasteiger partial charge in [0.05, 0.1) is 6.61 Å². The SMILES string of the molecule is CCOc1ccccc1OS(=O)(=O)c1ccc(C(C)=O)cc1. The summed E-state index contributed by atoms with van der Waals surface area (Å²) >= 11 is 0. The zero-order valence-electron chi connectivity index (χ0n) is 12.3. The molecule has 0 bridgehead atoms. The molecule has 0 aromatic heterocycles. The van der Waals surface area contributed by atoms with Crippen molar-refractivity contribution in [2.24, 2.45) is 0 Å². The van der Waals surface area contributed by atoms with E-state index in [0.29, 0.717) is 17.9 Å². The first kappa shape index (κ1) is 16.0. The Bertz CT molecular complexity index is 763. The lowest BCUT2D eigenvalue weighted by atomic mass is 10.2. The second-order valence-corrected chi connectivity index (χ2v) is 6.04. The van der Waals surface area contributed by atoms with E-state index in [0.717, 1.165) is 0 Å². The first-order valence-corrected chi connectivity index (χ1v) is 8.12. The predicted octanol–water partition coefficient (Wildman–Crippen LogP) is 3.06. The summed E-state index contributed by atoms with van der Waals surface area (Å²) in [5.41, 5.74) is 0.439. The van der Waals surface area contributed by atoms with Gasteiger partial charge in [-0.3, -0.25) is 4.79 Å². The van der Waals surface area contributed by atoms with E-state index in [1.165, 1.54) is 37.3 Å². The van der Waals surface area contributed by atoms with E-state index >= 15 is 0 Å². The van der Waals surface area contributed by atoms with Gasteiger partial charge in [0.25, 0.3) is 0 Å². The molecule has 0 radical (unpaired) electrons. The van der Waals surface area contributed by atoms with Crippen molar-refractivity contribution in [2.45, 2.75) is 18.7 Å². The van der Waals surface area contributed by atoms with Crippen LogP contribution < -0.4 is 8.92 Å². The van der Waals surface area contributed by atoms with E-state index < -0.39 is 10.1 Å². The van der Waals surface area contributed by atoms with E-state index in [1.54, 1.807) is 25.1 Å². The summed E-state index contributed by atoms with van der Waals surface area (Å²) in [5, 5.41) is 0. The van der Waals surface area contributed by atoms with Crippen LogP contribution in [0.25, 0.3) is 0 Å². The molecule has 0 spiro atoms. The number of hydrogen-bond donors (Lipinski definition) is 0. The molecule has 2 aromatic carbocycles. The number of para-hydroxylation sites is 2. The molecule has 0 atom stereocenters. The number of carbonyl (C=O) groups is 1. The Morgan fingerprint density at radius 1 is 1.00 bits per heavy atom. The third kappa shape index (κ3) is 3.65. The summed E-state index contributed by atoms with van der Waals surface area (Å²) in [6.07, 6.45) is 0. The van der Waals surface area contributed by atoms with Gasteiger partial charge in [-0.15, -0.1) is 0 Å². The molecule has 0 saturated heterocycles. The maximum absolute atomic E-state index is 12.3. The number of ether oxygens (including phenoxy) is 1. The van der Waals surface area contributed by atoms with E-state index in [1.807, 2.05) is 0 Å². The maximum Gasteiger partial charge on any atom is 0.339 e. The van der Waals surface area contributed by atoms with E-state index in [4.69, 9.17) is 8.92 Å². The zero-order valence-corrected chi connectivity index (χ0v) is 13.1. The highest BCUT2D eigenvalue weighted by Crippen LogP contribution is 2.29. The second kappa shape index (κ2) is 6.62. The number of Topliss-reactive ketones (excluding diaryl/α,β-unsaturated/α-hetero) is 1. The Morgan fingerprint density at radius 2 is 1.59 bits per heavy atom. The maximum atomic E-state index is 12.3. The average Bonchev–Trinajstić information content (AvgIpc) is 2.49. The molecule has 0 aliphatic carbocycles. The largest absolute Gasteiger partial charge is 0.490 e. The van der Waals surface area contributed by atoms with Gasteiger partial charge < -0.3 is 8.92 Å². The summed E-state index contributed by atoms with van der Waals surface area (Å²) < 4.78 is 35.0. The molecule has 5 nitrogen and oxygen atoms in total. The standard InChI is InChI=1S/C16H16O5S/c1-3-20-15-6-4-5-7-16(15)21-22(18,19)14-10-8-13(9-11-14)12(2)17/h4-11H,3H2,1-2H3. The minimum atomic E-state index is -3.99. The second-order valence-electron chi connectivity index (χ2n) is 4.50. The molecule has 0 fully saturated rings. The summed E-state index contributed by atoms with van der Waals surface area (Å²) in [7, 11) is -3.99. The van der Waals surface area contributed by atoms with E-state index in [9.17, 15) is 13.2 Å². The Labute approximate surface area is 129 Å². The van der Waals surface area contributed by atoms with Crippen LogP contribution in [-0.4, -0.2) is 20.8 Å². The molecular weight excluding hydrogens is 304 g/mol. The van der Waals surface area contributed by atoms with Crippen LogP contribution in [0.15, 0.2) is 53.4 Å². The van der Waals surface area contributed by atoms with Gasteiger partial charge in [0.15, 0.2) is 17.3 Å². The Balaban J connectivity index is 2.30. The lowest BCUT2D eigenvalue weighted by Gasteiger charge is -2.11. The number of rotatable bonds is 6. The van der Waals surface area contributed by atoms with Crippen molar-refractivity contribution < 1.29 is 22.1 Å². The molecule has 116 valence electrons. The summed E-state index contributed by atoms with van der Waals surface area (Å²) in [5.74, 6) is 0.348. The fraction of sp³-hybridized carbons (Fsp3) is 0.188. The molecule has 0 aliphatic rings. The van der Waals surface area contributed by atoms with Gasteiger partial charge in [0.2, 0.25) is 0 Å². The smallest absolute Gasteiger partial charge is 0.339 e. The van der Waals surface area contributed by atoms with Crippen molar-refractivity contribution in [1.82, 2.24) is 0 Å². The molecular formula is C16H16O5S. The fourth-order valence-corrected chi connectivity index (χ4v) is 2.76. The van der Waals surface area contributed by atoms with E-state index in [-0.39, 0.29) is 16.4 Å². The van der Waals surface area contributed by atoms with E-state index in [2.05, 4.69) is 0 Å². The van der Waals surface area contributed by atoms with Gasteiger partial charge in [0.1, 0.15) is 4.90 Å². The average molecular weight is 320 g/mol. The highest BCUT2D eigenvalue weighted by Gasteiger charge is 2.19. The Hall–Kier alpha value is -2.34. The van der Waals surface area contributed by atoms with Gasteiger partial charge in [-0.2, -0.15) is 8.42 Å². The zero-order chi connectivity index (χ0) is 16.2. The molecule has 0 saturated carbocycles. The first-order valence-electron chi connectivity index (χ1n) is 6.71. The molecule has 0 heterocycles. The normalized spacial score (nSPS) is 11.0. The van der Waals surface area contributed by atoms with Crippen molar-refractivity contribution >= 4 is 15.9 Å². The van der Waals surface area contributed by atoms with Gasteiger partial charge in [-0.1, -0.05) is 24.3 Å². The van der Waals surface area contributed by atoms with Crippen molar-refractivity contribution in [2.75, 3.05) is 6.61 Å². The molecule has 2 aromatic rings. The number of ketones is 1. The highest BCUT2D eigenvalue weighted by molar-refractivity contribution is 7.87. The van der Waals surface area contributed by atoms with Crippen LogP contribution in [-0.2, 0) is 10.1 Å². The lowest BCUT2D eigenvalue weighted by molar-refractivity contribution is 0.101. The van der Waals surface area contributed by atoms with Crippen molar-refractivity contribution in [1.29, 1.82) is 0 Å². The molecule has 6 heteroatoms. The summed E-state index contributed by atoms with van der Waals surface area (Å²) in [6, 6.07) is 12.1. The van der Waals surface area contributed by atoms with Gasteiger partial charge in [-0.05, 0) is 38.1 Å². The van der Waals surface area contributed by atoms with Crippen molar-refractivity contribution in [3.63, 3.8) is 0 Å². The fourth-order valence-electron chi connectivity index (χ4n) is 1.82. The summed E-state index contributed by atoms with van der Waals surface area (Å²) in [4.78, 5) is 11.2. The van der Waals surface area contributed by atoms with Crippen LogP contribution in [0.3, 0.4) is 0 Å². The van der Waals surface area contributed by atoms with Crippen LogP contribution in [0.2, 0.25) is 0 Å². The molecule has 22 heavy (non-hydrogen) atoms. The Morgan fingerprint density at radius 3 is 2.14 bits per heavy atom. The number of benzene rings is 2. The number of hydrogen-bond acceptors (Lipinski definition) is 5. The van der Waals surface area contributed by atoms with Crippen LogP contribution in [0.1, 0.15) is 24.2 Å². The van der Waals surface area contributed by atoms with Crippen molar-refractivity contribution in [3.8, 4) is 11.5 Å². The van der Waals surface area contributed by atoms with Gasteiger partial charge in [0, 0.05) is 5.56 Å². The lowest BCUT2D eigenvalue weighted by Crippen LogP contribution is -2.11. The first-order chi connectivity index (χ1) is 10.4. The van der Waals surface area contributed by atoms with Crippen LogP contribution >= 0.6 is 0 Å². The van der Waals surface area contributed by atoms with Gasteiger partial charge >= 0.3 is 10.1 Å². The van der Waals surface area contributed by atoms with Crippen LogP contribution in [0.5, 0.6) is 11.5 Å². The molecule has 2 rings (SSSR count). The predicted molar refractivity (Wildman–Crippen MR) is 81.9 cm³/mol. The van der Waals surface area contributed by atoms with Crippen LogP contribution in [0, 0.1) is 0 Å². The number of carbonyl (C=O) groups excluding carboxylic acids is 1. The third-order valence-corrected chi connectivity index (χ3v) is 4.15. The summed E-state index contributed by atoms with van der Waals surface area (Å²) in [6.45, 7) is 3.61. The molecule has 0 N–H and O–H groups in total. The third-order valence-electron chi connectivity index (χ3n) is 2.90. The molecule has 0 aliphatic heterocycles. The Kier molecular flexibility index (Phi) is 4.82. The molecule has 0 unspecified atom stereocenters. The topological polar surface area (TPSA) is 69.7 Å². The highest BCUT2D eigenvalue weighted by atomic mass is 32.2.